The van der Waals surface area contributed by atoms with Gasteiger partial charge in [0.05, 0.1) is 0 Å². The van der Waals surface area contributed by atoms with Gasteiger partial charge < -0.3 is 5.32 Å². The molecule has 1 aliphatic rings. The molecule has 0 aromatic carbocycles. The van der Waals surface area contributed by atoms with Crippen molar-refractivity contribution in [3.8, 4) is 0 Å². The summed E-state index contributed by atoms with van der Waals surface area (Å²) in [4.78, 5) is 4.61. The smallest absolute Gasteiger partial charge is 0.126 e. The molecule has 0 saturated carbocycles. The van der Waals surface area contributed by atoms with Crippen LogP contribution in [0.1, 0.15) is 36.6 Å². The third kappa shape index (κ3) is 1.61. The van der Waals surface area contributed by atoms with Crippen molar-refractivity contribution in [2.45, 2.75) is 39.0 Å². The van der Waals surface area contributed by atoms with Gasteiger partial charge in [0.1, 0.15) is 5.82 Å². The monoisotopic (exact) mass is 190 g/mol. The summed E-state index contributed by atoms with van der Waals surface area (Å²) in [5, 5.41) is 3.14. The van der Waals surface area contributed by atoms with E-state index in [1.54, 1.807) is 0 Å². The van der Waals surface area contributed by atoms with E-state index in [4.69, 9.17) is 0 Å². The fraction of sp³-hybridized carbons (Fsp3) is 0.583. The van der Waals surface area contributed by atoms with E-state index >= 15 is 0 Å². The first-order valence-corrected chi connectivity index (χ1v) is 5.54. The van der Waals surface area contributed by atoms with Crippen molar-refractivity contribution in [3.05, 3.63) is 22.9 Å². The highest BCUT2D eigenvalue weighted by molar-refractivity contribution is 5.45. The van der Waals surface area contributed by atoms with Crippen LogP contribution in [0.15, 0.2) is 6.07 Å². The summed E-state index contributed by atoms with van der Waals surface area (Å²) >= 11 is 0. The summed E-state index contributed by atoms with van der Waals surface area (Å²) in [6.45, 7) is 2.19. The molecular weight excluding hydrogens is 172 g/mol. The molecule has 2 nitrogen and oxygen atoms in total. The first-order chi connectivity index (χ1) is 6.85. The van der Waals surface area contributed by atoms with Gasteiger partial charge in [-0.25, -0.2) is 4.98 Å². The van der Waals surface area contributed by atoms with E-state index in [-0.39, 0.29) is 0 Å². The Hall–Kier alpha value is -1.05. The quantitative estimate of drug-likeness (QED) is 0.775. The number of anilines is 1. The summed E-state index contributed by atoms with van der Waals surface area (Å²) in [7, 11) is 1.94. The number of hydrogen-bond donors (Lipinski definition) is 1. The maximum Gasteiger partial charge on any atom is 0.126 e. The van der Waals surface area contributed by atoms with E-state index in [0.29, 0.717) is 0 Å². The Labute approximate surface area is 85.7 Å². The van der Waals surface area contributed by atoms with Crippen molar-refractivity contribution in [2.24, 2.45) is 0 Å². The van der Waals surface area contributed by atoms with Gasteiger partial charge in [-0.15, -0.1) is 0 Å². The number of fused-ring (bicyclic) bond motifs is 1. The van der Waals surface area contributed by atoms with E-state index in [2.05, 4.69) is 23.3 Å². The van der Waals surface area contributed by atoms with Crippen LogP contribution in [0.5, 0.6) is 0 Å². The second-order valence-electron chi connectivity index (χ2n) is 3.90. The fourth-order valence-corrected chi connectivity index (χ4v) is 2.25. The maximum absolute atomic E-state index is 4.61. The van der Waals surface area contributed by atoms with Gasteiger partial charge >= 0.3 is 0 Å². The topological polar surface area (TPSA) is 24.9 Å². The molecule has 2 heteroatoms. The Morgan fingerprint density at radius 2 is 2.14 bits per heavy atom. The highest BCUT2D eigenvalue weighted by Crippen LogP contribution is 2.26. The average molecular weight is 190 g/mol. The summed E-state index contributed by atoms with van der Waals surface area (Å²) < 4.78 is 0. The minimum Gasteiger partial charge on any atom is -0.373 e. The number of pyridine rings is 1. The van der Waals surface area contributed by atoms with Crippen LogP contribution in [0.3, 0.4) is 0 Å². The predicted octanol–water partition coefficient (Wildman–Crippen LogP) is 2.56. The zero-order valence-electron chi connectivity index (χ0n) is 9.06. The molecule has 0 fully saturated rings. The average Bonchev–Trinajstić information content (AvgIpc) is 2.27. The number of nitrogens with one attached hydrogen (secondary N) is 1. The van der Waals surface area contributed by atoms with Crippen molar-refractivity contribution in [1.29, 1.82) is 0 Å². The first-order valence-electron chi connectivity index (χ1n) is 5.54. The highest BCUT2D eigenvalue weighted by Gasteiger charge is 2.14. The molecular formula is C12H18N2. The Balaban J connectivity index is 2.47. The van der Waals surface area contributed by atoms with Gasteiger partial charge in [0, 0.05) is 12.7 Å². The number of rotatable bonds is 2. The summed E-state index contributed by atoms with van der Waals surface area (Å²) in [5.74, 6) is 1.03. The minimum atomic E-state index is 1.03. The number of nitrogens with zero attached hydrogens (tertiary/aromatic N) is 1. The minimum absolute atomic E-state index is 1.03. The molecule has 1 aromatic heterocycles. The molecule has 1 aliphatic carbocycles. The lowest BCUT2D eigenvalue weighted by Crippen LogP contribution is -2.09. The molecule has 0 saturated heterocycles. The molecule has 0 spiro atoms. The molecule has 1 heterocycles. The van der Waals surface area contributed by atoms with E-state index in [9.17, 15) is 0 Å². The van der Waals surface area contributed by atoms with Crippen molar-refractivity contribution in [3.63, 3.8) is 0 Å². The first kappa shape index (κ1) is 9.50. The lowest BCUT2D eigenvalue weighted by Gasteiger charge is -2.19. The van der Waals surface area contributed by atoms with Crippen LogP contribution in [0.2, 0.25) is 0 Å². The second kappa shape index (κ2) is 3.99. The Kier molecular flexibility index (Phi) is 2.71. The molecule has 0 amide bonds. The highest BCUT2D eigenvalue weighted by atomic mass is 15.0. The summed E-state index contributed by atoms with van der Waals surface area (Å²) in [5.41, 5.74) is 4.34. The van der Waals surface area contributed by atoms with Gasteiger partial charge in [0.25, 0.3) is 0 Å². The van der Waals surface area contributed by atoms with Gasteiger partial charge in [-0.3, -0.25) is 0 Å². The van der Waals surface area contributed by atoms with Gasteiger partial charge in [0.2, 0.25) is 0 Å². The van der Waals surface area contributed by atoms with Crippen molar-refractivity contribution < 1.29 is 0 Å². The Bertz CT molecular complexity index is 314. The molecule has 1 N–H and O–H groups in total. The van der Waals surface area contributed by atoms with Gasteiger partial charge in [-0.2, -0.15) is 0 Å². The van der Waals surface area contributed by atoms with E-state index in [1.165, 1.54) is 42.5 Å². The molecule has 0 atom stereocenters. The molecule has 0 aliphatic heterocycles. The normalized spacial score (nSPS) is 15.0. The Morgan fingerprint density at radius 1 is 1.36 bits per heavy atom. The fourth-order valence-electron chi connectivity index (χ4n) is 2.25. The van der Waals surface area contributed by atoms with Crippen LogP contribution in [0.25, 0.3) is 0 Å². The Morgan fingerprint density at radius 3 is 2.86 bits per heavy atom. The van der Waals surface area contributed by atoms with Crippen LogP contribution in [-0.2, 0) is 19.3 Å². The zero-order valence-corrected chi connectivity index (χ0v) is 9.06. The largest absolute Gasteiger partial charge is 0.373 e. The third-order valence-corrected chi connectivity index (χ3v) is 3.02. The van der Waals surface area contributed by atoms with E-state index in [0.717, 1.165) is 12.2 Å². The molecule has 0 unspecified atom stereocenters. The zero-order chi connectivity index (χ0) is 9.97. The lowest BCUT2D eigenvalue weighted by molar-refractivity contribution is 0.673. The molecule has 2 rings (SSSR count). The SMILES string of the molecule is CCc1nc(NC)cc2c1CCCC2. The van der Waals surface area contributed by atoms with Crippen molar-refractivity contribution in [2.75, 3.05) is 12.4 Å². The molecule has 14 heavy (non-hydrogen) atoms. The van der Waals surface area contributed by atoms with Gasteiger partial charge in [-0.05, 0) is 49.3 Å². The standard InChI is InChI=1S/C12H18N2/c1-3-11-10-7-5-4-6-9(10)8-12(13-2)14-11/h8H,3-7H2,1-2H3,(H,13,14). The van der Waals surface area contributed by atoms with Crippen LogP contribution in [0.4, 0.5) is 5.82 Å². The molecule has 76 valence electrons. The van der Waals surface area contributed by atoms with Crippen LogP contribution in [0, 0.1) is 0 Å². The maximum atomic E-state index is 4.61. The van der Waals surface area contributed by atoms with E-state index < -0.39 is 0 Å². The summed E-state index contributed by atoms with van der Waals surface area (Å²) in [6.07, 6.45) is 6.19. The second-order valence-corrected chi connectivity index (χ2v) is 3.90. The lowest BCUT2D eigenvalue weighted by atomic mass is 9.90. The van der Waals surface area contributed by atoms with Crippen molar-refractivity contribution >= 4 is 5.82 Å². The van der Waals surface area contributed by atoms with E-state index in [1.807, 2.05) is 7.05 Å². The third-order valence-electron chi connectivity index (χ3n) is 3.02. The van der Waals surface area contributed by atoms with Crippen molar-refractivity contribution in [1.82, 2.24) is 4.98 Å². The number of hydrogen-bond acceptors (Lipinski definition) is 2. The molecule has 0 radical (unpaired) electrons. The van der Waals surface area contributed by atoms with Gasteiger partial charge in [0.15, 0.2) is 0 Å². The summed E-state index contributed by atoms with van der Waals surface area (Å²) in [6, 6.07) is 2.22. The molecule has 0 bridgehead atoms. The molecule has 1 aromatic rings. The predicted molar refractivity (Wildman–Crippen MR) is 59.8 cm³/mol. The van der Waals surface area contributed by atoms with Crippen LogP contribution >= 0.6 is 0 Å². The number of aromatic nitrogens is 1. The van der Waals surface area contributed by atoms with Crippen LogP contribution < -0.4 is 5.32 Å². The van der Waals surface area contributed by atoms with Gasteiger partial charge in [-0.1, -0.05) is 6.92 Å². The number of aryl methyl sites for hydroxylation is 2. The van der Waals surface area contributed by atoms with Crippen LogP contribution in [-0.4, -0.2) is 12.0 Å².